The van der Waals surface area contributed by atoms with Gasteiger partial charge in [0.2, 0.25) is 12.7 Å². The molecule has 0 saturated carbocycles. The summed E-state index contributed by atoms with van der Waals surface area (Å²) in [6.07, 6.45) is 0. The molecule has 0 fully saturated rings. The number of aromatic nitrogens is 2. The summed E-state index contributed by atoms with van der Waals surface area (Å²) in [5.74, 6) is 1.75. The molecule has 6 rings (SSSR count). The molecule has 1 aromatic heterocycles. The Kier molecular flexibility index (Phi) is 3.59. The number of hydrogen-bond acceptors (Lipinski definition) is 5. The Morgan fingerprint density at radius 2 is 1.61 bits per heavy atom. The van der Waals surface area contributed by atoms with Crippen molar-refractivity contribution in [1.82, 2.24) is 9.13 Å². The maximum atomic E-state index is 13.4. The Balaban J connectivity index is 1.74. The first-order valence-electron chi connectivity index (χ1n) is 9.93. The molecule has 2 aliphatic rings. The van der Waals surface area contributed by atoms with Gasteiger partial charge in [-0.25, -0.2) is 4.79 Å². The van der Waals surface area contributed by atoms with Crippen LogP contribution in [0.25, 0.3) is 10.8 Å². The number of benzene rings is 3. The van der Waals surface area contributed by atoms with Crippen molar-refractivity contribution >= 4 is 10.8 Å². The molecule has 1 unspecified atom stereocenters. The SMILES string of the molecule is Cn1c2c(c(=O)n(C)c1=O)C(c1ccc3c(c1)OCO3)c1c(ccc3ccccc13)O2. The summed E-state index contributed by atoms with van der Waals surface area (Å²) in [5.41, 5.74) is 1.37. The van der Waals surface area contributed by atoms with E-state index in [1.165, 1.54) is 11.6 Å². The van der Waals surface area contributed by atoms with Gasteiger partial charge in [0, 0.05) is 25.6 Å². The highest BCUT2D eigenvalue weighted by atomic mass is 16.7. The van der Waals surface area contributed by atoms with Gasteiger partial charge in [-0.2, -0.15) is 0 Å². The molecule has 2 aliphatic heterocycles. The summed E-state index contributed by atoms with van der Waals surface area (Å²) < 4.78 is 19.7. The third kappa shape index (κ3) is 2.40. The molecule has 7 nitrogen and oxygen atoms in total. The van der Waals surface area contributed by atoms with E-state index in [0.29, 0.717) is 22.8 Å². The van der Waals surface area contributed by atoms with Crippen molar-refractivity contribution in [3.05, 3.63) is 92.1 Å². The van der Waals surface area contributed by atoms with E-state index < -0.39 is 11.6 Å². The molecule has 3 aromatic carbocycles. The van der Waals surface area contributed by atoms with Gasteiger partial charge >= 0.3 is 5.69 Å². The lowest BCUT2D eigenvalue weighted by Gasteiger charge is -2.30. The van der Waals surface area contributed by atoms with Crippen LogP contribution in [0.5, 0.6) is 23.1 Å². The number of hydrogen-bond donors (Lipinski definition) is 0. The second kappa shape index (κ2) is 6.25. The molecule has 3 heterocycles. The third-order valence-electron chi connectivity index (χ3n) is 6.09. The Bertz CT molecular complexity index is 1520. The zero-order valence-electron chi connectivity index (χ0n) is 16.9. The van der Waals surface area contributed by atoms with Gasteiger partial charge in [0.05, 0.1) is 5.56 Å². The van der Waals surface area contributed by atoms with Crippen LogP contribution in [-0.2, 0) is 14.1 Å². The molecule has 0 bridgehead atoms. The van der Waals surface area contributed by atoms with Crippen LogP contribution in [0.15, 0.2) is 64.2 Å². The predicted octanol–water partition coefficient (Wildman–Crippen LogP) is 3.25. The zero-order valence-corrected chi connectivity index (χ0v) is 16.9. The third-order valence-corrected chi connectivity index (χ3v) is 6.09. The van der Waals surface area contributed by atoms with Crippen LogP contribution in [0.4, 0.5) is 0 Å². The van der Waals surface area contributed by atoms with Crippen molar-refractivity contribution in [3.8, 4) is 23.1 Å². The van der Waals surface area contributed by atoms with Gasteiger partial charge in [0.15, 0.2) is 11.5 Å². The van der Waals surface area contributed by atoms with E-state index in [4.69, 9.17) is 14.2 Å². The molecule has 154 valence electrons. The first-order valence-corrected chi connectivity index (χ1v) is 9.93. The fourth-order valence-corrected chi connectivity index (χ4v) is 4.56. The lowest BCUT2D eigenvalue weighted by atomic mass is 9.81. The van der Waals surface area contributed by atoms with Crippen LogP contribution in [0.1, 0.15) is 22.6 Å². The van der Waals surface area contributed by atoms with Gasteiger partial charge in [-0.1, -0.05) is 36.4 Å². The summed E-state index contributed by atoms with van der Waals surface area (Å²) in [6.45, 7) is 0.166. The van der Waals surface area contributed by atoms with E-state index in [0.717, 1.165) is 26.5 Å². The van der Waals surface area contributed by atoms with Gasteiger partial charge < -0.3 is 14.2 Å². The van der Waals surface area contributed by atoms with Crippen molar-refractivity contribution in [2.24, 2.45) is 14.1 Å². The van der Waals surface area contributed by atoms with E-state index in [1.807, 2.05) is 54.6 Å². The fraction of sp³-hybridized carbons (Fsp3) is 0.167. The molecular formula is C24H18N2O5. The van der Waals surface area contributed by atoms with Crippen LogP contribution >= 0.6 is 0 Å². The average molecular weight is 414 g/mol. The van der Waals surface area contributed by atoms with E-state index in [-0.39, 0.29) is 18.2 Å². The summed E-state index contributed by atoms with van der Waals surface area (Å²) in [5, 5.41) is 2.03. The average Bonchev–Trinajstić information content (AvgIpc) is 3.27. The van der Waals surface area contributed by atoms with Crippen LogP contribution < -0.4 is 25.5 Å². The highest BCUT2D eigenvalue weighted by Crippen LogP contribution is 2.49. The lowest BCUT2D eigenvalue weighted by molar-refractivity contribution is 0.174. The largest absolute Gasteiger partial charge is 0.454 e. The maximum absolute atomic E-state index is 13.4. The number of rotatable bonds is 1. The molecule has 31 heavy (non-hydrogen) atoms. The Morgan fingerprint density at radius 1 is 0.839 bits per heavy atom. The fourth-order valence-electron chi connectivity index (χ4n) is 4.56. The van der Waals surface area contributed by atoms with E-state index in [9.17, 15) is 9.59 Å². The van der Waals surface area contributed by atoms with E-state index in [2.05, 4.69) is 0 Å². The van der Waals surface area contributed by atoms with Crippen molar-refractivity contribution in [3.63, 3.8) is 0 Å². The molecule has 0 radical (unpaired) electrons. The minimum Gasteiger partial charge on any atom is -0.454 e. The maximum Gasteiger partial charge on any atom is 0.333 e. The summed E-state index contributed by atoms with van der Waals surface area (Å²) >= 11 is 0. The quantitative estimate of drug-likeness (QED) is 0.421. The lowest BCUT2D eigenvalue weighted by Crippen LogP contribution is -2.41. The second-order valence-electron chi connectivity index (χ2n) is 7.77. The summed E-state index contributed by atoms with van der Waals surface area (Å²) in [4.78, 5) is 26.0. The van der Waals surface area contributed by atoms with E-state index in [1.54, 1.807) is 7.05 Å². The molecule has 7 heteroatoms. The molecule has 4 aromatic rings. The molecule has 0 N–H and O–H groups in total. The van der Waals surface area contributed by atoms with Crippen LogP contribution in [0.3, 0.4) is 0 Å². The predicted molar refractivity (Wildman–Crippen MR) is 114 cm³/mol. The Morgan fingerprint density at radius 3 is 2.48 bits per heavy atom. The Labute approximate surface area is 176 Å². The second-order valence-corrected chi connectivity index (χ2v) is 7.77. The van der Waals surface area contributed by atoms with Crippen LogP contribution in [-0.4, -0.2) is 15.9 Å². The van der Waals surface area contributed by atoms with Crippen molar-refractivity contribution in [2.75, 3.05) is 6.79 Å². The standard InChI is InChI=1S/C24H18N2O5/c1-25-22(27)21-19(14-8-9-16-18(11-14)30-12-29-16)20-15-6-4-3-5-13(15)7-10-17(20)31-23(21)26(2)24(25)28/h3-11,19H,12H2,1-2H3. The van der Waals surface area contributed by atoms with Gasteiger partial charge in [0.25, 0.3) is 5.56 Å². The topological polar surface area (TPSA) is 71.7 Å². The summed E-state index contributed by atoms with van der Waals surface area (Å²) in [7, 11) is 3.10. The minimum absolute atomic E-state index is 0.166. The Hall–Kier alpha value is -4.00. The molecule has 1 atom stereocenters. The molecule has 0 amide bonds. The van der Waals surface area contributed by atoms with Gasteiger partial charge in [0.1, 0.15) is 5.75 Å². The first kappa shape index (κ1) is 17.8. The zero-order chi connectivity index (χ0) is 21.3. The highest BCUT2D eigenvalue weighted by Gasteiger charge is 2.36. The van der Waals surface area contributed by atoms with Crippen LogP contribution in [0, 0.1) is 0 Å². The van der Waals surface area contributed by atoms with Crippen molar-refractivity contribution in [1.29, 1.82) is 0 Å². The van der Waals surface area contributed by atoms with Crippen molar-refractivity contribution < 1.29 is 14.2 Å². The smallest absolute Gasteiger partial charge is 0.333 e. The van der Waals surface area contributed by atoms with E-state index >= 15 is 0 Å². The summed E-state index contributed by atoms with van der Waals surface area (Å²) in [6, 6.07) is 17.6. The van der Waals surface area contributed by atoms with Gasteiger partial charge in [-0.15, -0.1) is 0 Å². The molecule has 0 spiro atoms. The molecule has 0 aliphatic carbocycles. The number of fused-ring (bicyclic) bond motifs is 5. The van der Waals surface area contributed by atoms with Gasteiger partial charge in [-0.3, -0.25) is 13.9 Å². The van der Waals surface area contributed by atoms with Crippen LogP contribution in [0.2, 0.25) is 0 Å². The van der Waals surface area contributed by atoms with Gasteiger partial charge in [-0.05, 0) is 34.5 Å². The van der Waals surface area contributed by atoms with Crippen molar-refractivity contribution in [2.45, 2.75) is 5.92 Å². The monoisotopic (exact) mass is 414 g/mol. The number of ether oxygens (including phenoxy) is 3. The first-order chi connectivity index (χ1) is 15.0. The normalized spacial score (nSPS) is 16.0. The molecular weight excluding hydrogens is 396 g/mol. The molecule has 0 saturated heterocycles. The minimum atomic E-state index is -0.440. The number of nitrogens with zero attached hydrogens (tertiary/aromatic N) is 2. The highest BCUT2D eigenvalue weighted by molar-refractivity contribution is 5.90.